The van der Waals surface area contributed by atoms with Crippen LogP contribution in [0.4, 0.5) is 11.5 Å². The first kappa shape index (κ1) is 10.5. The highest BCUT2D eigenvalue weighted by molar-refractivity contribution is 5.49. The number of nitrogens with two attached hydrogens (primary N) is 1. The molecule has 82 valence electrons. The average Bonchev–Trinajstić information content (AvgIpc) is 2.32. The summed E-state index contributed by atoms with van der Waals surface area (Å²) < 4.78 is 0. The molecule has 2 rings (SSSR count). The second-order valence-corrected chi connectivity index (χ2v) is 3.71. The molecular weight excluding hydrogens is 198 g/mol. The first-order valence-corrected chi connectivity index (χ1v) is 5.26. The zero-order valence-corrected chi connectivity index (χ0v) is 9.27. The topological polar surface area (TPSA) is 50.9 Å². The largest absolute Gasteiger partial charge is 0.397 e. The summed E-state index contributed by atoms with van der Waals surface area (Å²) in [5.74, 6) is 0.857. The number of aryl methyl sites for hydroxylation is 1. The van der Waals surface area contributed by atoms with Gasteiger partial charge in [0, 0.05) is 6.54 Å². The van der Waals surface area contributed by atoms with Crippen LogP contribution in [-0.4, -0.2) is 4.98 Å². The molecule has 3 N–H and O–H groups in total. The molecule has 0 aliphatic carbocycles. The standard InChI is InChI=1S/C13H15N3/c1-10-12(14)7-8-13(16-10)15-9-11-5-3-2-4-6-11/h2-8H,9,14H2,1H3,(H,15,16). The van der Waals surface area contributed by atoms with Crippen molar-refractivity contribution in [2.45, 2.75) is 13.5 Å². The van der Waals surface area contributed by atoms with Gasteiger partial charge in [-0.1, -0.05) is 30.3 Å². The van der Waals surface area contributed by atoms with Crippen molar-refractivity contribution >= 4 is 11.5 Å². The Morgan fingerprint density at radius 3 is 2.56 bits per heavy atom. The third-order valence-corrected chi connectivity index (χ3v) is 2.44. The molecule has 0 unspecified atom stereocenters. The highest BCUT2D eigenvalue weighted by atomic mass is 15.0. The second kappa shape index (κ2) is 4.66. The second-order valence-electron chi connectivity index (χ2n) is 3.71. The monoisotopic (exact) mass is 213 g/mol. The lowest BCUT2D eigenvalue weighted by atomic mass is 10.2. The molecule has 1 aromatic carbocycles. The van der Waals surface area contributed by atoms with Gasteiger partial charge in [0.1, 0.15) is 5.82 Å². The fourth-order valence-electron chi connectivity index (χ4n) is 1.46. The van der Waals surface area contributed by atoms with Crippen LogP contribution < -0.4 is 11.1 Å². The van der Waals surface area contributed by atoms with E-state index in [2.05, 4.69) is 22.4 Å². The van der Waals surface area contributed by atoms with E-state index in [9.17, 15) is 0 Å². The lowest BCUT2D eigenvalue weighted by Gasteiger charge is -2.07. The summed E-state index contributed by atoms with van der Waals surface area (Å²) in [6.45, 7) is 2.68. The van der Waals surface area contributed by atoms with Gasteiger partial charge in [0.15, 0.2) is 0 Å². The van der Waals surface area contributed by atoms with E-state index in [1.165, 1.54) is 5.56 Å². The Morgan fingerprint density at radius 2 is 1.88 bits per heavy atom. The Labute approximate surface area is 95.3 Å². The summed E-state index contributed by atoms with van der Waals surface area (Å²) in [4.78, 5) is 4.35. The molecule has 0 aliphatic rings. The summed E-state index contributed by atoms with van der Waals surface area (Å²) in [5.41, 5.74) is 8.53. The predicted octanol–water partition coefficient (Wildman–Crippen LogP) is 2.58. The van der Waals surface area contributed by atoms with Gasteiger partial charge >= 0.3 is 0 Å². The quantitative estimate of drug-likeness (QED) is 0.824. The summed E-state index contributed by atoms with van der Waals surface area (Å²) in [5, 5.41) is 3.26. The molecule has 1 aromatic heterocycles. The summed E-state index contributed by atoms with van der Waals surface area (Å²) in [6, 6.07) is 14.0. The van der Waals surface area contributed by atoms with Crippen LogP contribution in [-0.2, 0) is 6.54 Å². The van der Waals surface area contributed by atoms with Crippen molar-refractivity contribution in [1.82, 2.24) is 4.98 Å². The SMILES string of the molecule is Cc1nc(NCc2ccccc2)ccc1N. The Bertz CT molecular complexity index is 466. The molecule has 0 saturated carbocycles. The summed E-state index contributed by atoms with van der Waals surface area (Å²) in [7, 11) is 0. The van der Waals surface area contributed by atoms with E-state index >= 15 is 0 Å². The van der Waals surface area contributed by atoms with Crippen molar-refractivity contribution in [2.24, 2.45) is 0 Å². The van der Waals surface area contributed by atoms with Crippen molar-refractivity contribution in [1.29, 1.82) is 0 Å². The van der Waals surface area contributed by atoms with Gasteiger partial charge in [-0.3, -0.25) is 0 Å². The van der Waals surface area contributed by atoms with E-state index in [0.717, 1.165) is 23.7 Å². The molecule has 0 bridgehead atoms. The third-order valence-electron chi connectivity index (χ3n) is 2.44. The molecular formula is C13H15N3. The highest BCUT2D eigenvalue weighted by Crippen LogP contribution is 2.12. The smallest absolute Gasteiger partial charge is 0.126 e. The van der Waals surface area contributed by atoms with Crippen LogP contribution in [0, 0.1) is 6.92 Å². The zero-order valence-electron chi connectivity index (χ0n) is 9.27. The highest BCUT2D eigenvalue weighted by Gasteiger charge is 1.98. The van der Waals surface area contributed by atoms with E-state index in [4.69, 9.17) is 5.73 Å². The number of rotatable bonds is 3. The molecule has 2 aromatic rings. The van der Waals surface area contributed by atoms with E-state index < -0.39 is 0 Å². The molecule has 0 aliphatic heterocycles. The Hall–Kier alpha value is -2.03. The number of nitrogens with one attached hydrogen (secondary N) is 1. The van der Waals surface area contributed by atoms with Crippen molar-refractivity contribution in [2.75, 3.05) is 11.1 Å². The number of nitrogen functional groups attached to an aromatic ring is 1. The van der Waals surface area contributed by atoms with Gasteiger partial charge in [0.05, 0.1) is 11.4 Å². The van der Waals surface area contributed by atoms with Crippen LogP contribution in [0.5, 0.6) is 0 Å². The van der Waals surface area contributed by atoms with E-state index in [1.54, 1.807) is 0 Å². The van der Waals surface area contributed by atoms with Crippen LogP contribution in [0.2, 0.25) is 0 Å². The minimum atomic E-state index is 0.727. The minimum absolute atomic E-state index is 0.727. The maximum Gasteiger partial charge on any atom is 0.126 e. The number of hydrogen-bond acceptors (Lipinski definition) is 3. The number of pyridine rings is 1. The van der Waals surface area contributed by atoms with Gasteiger partial charge in [-0.05, 0) is 24.6 Å². The lowest BCUT2D eigenvalue weighted by molar-refractivity contribution is 1.09. The predicted molar refractivity (Wildman–Crippen MR) is 67.2 cm³/mol. The van der Waals surface area contributed by atoms with Crippen LogP contribution in [0.3, 0.4) is 0 Å². The molecule has 3 heteroatoms. The fraction of sp³-hybridized carbons (Fsp3) is 0.154. The van der Waals surface area contributed by atoms with Gasteiger partial charge in [-0.2, -0.15) is 0 Å². The molecule has 0 fully saturated rings. The number of anilines is 2. The van der Waals surface area contributed by atoms with E-state index in [-0.39, 0.29) is 0 Å². The van der Waals surface area contributed by atoms with Crippen molar-refractivity contribution in [3.05, 3.63) is 53.7 Å². The minimum Gasteiger partial charge on any atom is -0.397 e. The van der Waals surface area contributed by atoms with Crippen LogP contribution in [0.15, 0.2) is 42.5 Å². The van der Waals surface area contributed by atoms with Crippen molar-refractivity contribution < 1.29 is 0 Å². The number of aromatic nitrogens is 1. The molecule has 0 saturated heterocycles. The lowest BCUT2D eigenvalue weighted by Crippen LogP contribution is -2.03. The van der Waals surface area contributed by atoms with Crippen LogP contribution in [0.25, 0.3) is 0 Å². The fourth-order valence-corrected chi connectivity index (χ4v) is 1.46. The molecule has 3 nitrogen and oxygen atoms in total. The first-order chi connectivity index (χ1) is 7.75. The maximum absolute atomic E-state index is 5.71. The van der Waals surface area contributed by atoms with Crippen molar-refractivity contribution in [3.8, 4) is 0 Å². The third kappa shape index (κ3) is 2.51. The molecule has 0 spiro atoms. The summed E-state index contributed by atoms with van der Waals surface area (Å²) >= 11 is 0. The van der Waals surface area contributed by atoms with E-state index in [0.29, 0.717) is 0 Å². The Morgan fingerprint density at radius 1 is 1.12 bits per heavy atom. The number of benzene rings is 1. The molecule has 0 radical (unpaired) electrons. The van der Waals surface area contributed by atoms with Gasteiger partial charge < -0.3 is 11.1 Å². The average molecular weight is 213 g/mol. The first-order valence-electron chi connectivity index (χ1n) is 5.26. The molecule has 1 heterocycles. The van der Waals surface area contributed by atoms with Gasteiger partial charge in [0.25, 0.3) is 0 Å². The van der Waals surface area contributed by atoms with Gasteiger partial charge in [0.2, 0.25) is 0 Å². The summed E-state index contributed by atoms with van der Waals surface area (Å²) in [6.07, 6.45) is 0. The molecule has 16 heavy (non-hydrogen) atoms. The number of nitrogens with zero attached hydrogens (tertiary/aromatic N) is 1. The molecule has 0 amide bonds. The Balaban J connectivity index is 2.03. The van der Waals surface area contributed by atoms with E-state index in [1.807, 2.05) is 37.3 Å². The zero-order chi connectivity index (χ0) is 11.4. The van der Waals surface area contributed by atoms with Crippen LogP contribution in [0.1, 0.15) is 11.3 Å². The normalized spacial score (nSPS) is 10.1. The number of hydrogen-bond donors (Lipinski definition) is 2. The van der Waals surface area contributed by atoms with Crippen LogP contribution >= 0.6 is 0 Å². The van der Waals surface area contributed by atoms with Crippen molar-refractivity contribution in [3.63, 3.8) is 0 Å². The maximum atomic E-state index is 5.71. The van der Waals surface area contributed by atoms with Gasteiger partial charge in [-0.25, -0.2) is 4.98 Å². The van der Waals surface area contributed by atoms with Gasteiger partial charge in [-0.15, -0.1) is 0 Å². The Kier molecular flexibility index (Phi) is 3.05. The molecule has 0 atom stereocenters.